The van der Waals surface area contributed by atoms with Crippen molar-refractivity contribution in [3.63, 3.8) is 0 Å². The van der Waals surface area contributed by atoms with Crippen LogP contribution in [0.25, 0.3) is 0 Å². The van der Waals surface area contributed by atoms with E-state index in [0.29, 0.717) is 25.1 Å². The molecule has 3 amide bonds. The van der Waals surface area contributed by atoms with Crippen molar-refractivity contribution in [3.8, 4) is 0 Å². The van der Waals surface area contributed by atoms with Crippen LogP contribution in [0.5, 0.6) is 0 Å². The van der Waals surface area contributed by atoms with Crippen LogP contribution in [0.3, 0.4) is 0 Å². The molecule has 7 heteroatoms. The lowest BCUT2D eigenvalue weighted by Crippen LogP contribution is -2.52. The number of nitrogens with two attached hydrogens (primary N) is 1. The van der Waals surface area contributed by atoms with Crippen LogP contribution in [-0.4, -0.2) is 28.7 Å². The number of imide groups is 1. The number of nitrogens with one attached hydrogen (secondary N) is 2. The fourth-order valence-corrected chi connectivity index (χ4v) is 3.82. The Kier molecular flexibility index (Phi) is 5.07. The minimum Gasteiger partial charge on any atom is -0.381 e. The van der Waals surface area contributed by atoms with Crippen LogP contribution < -0.4 is 16.4 Å². The van der Waals surface area contributed by atoms with Crippen LogP contribution in [0.15, 0.2) is 42.5 Å². The lowest BCUT2D eigenvalue weighted by molar-refractivity contribution is -0.136. The van der Waals surface area contributed by atoms with E-state index >= 15 is 0 Å². The average Bonchev–Trinajstić information content (AvgIpc) is 3.03. The molecular formula is C22H24N4O3. The van der Waals surface area contributed by atoms with Crippen LogP contribution in [0, 0.1) is 0 Å². The second-order valence-corrected chi connectivity index (χ2v) is 7.66. The van der Waals surface area contributed by atoms with Crippen molar-refractivity contribution >= 4 is 23.4 Å². The van der Waals surface area contributed by atoms with E-state index in [0.717, 1.165) is 22.4 Å². The lowest BCUT2D eigenvalue weighted by Gasteiger charge is -2.29. The molecule has 2 unspecified atom stereocenters. The third kappa shape index (κ3) is 3.86. The van der Waals surface area contributed by atoms with Crippen molar-refractivity contribution in [2.75, 3.05) is 5.32 Å². The van der Waals surface area contributed by atoms with Crippen molar-refractivity contribution in [3.05, 3.63) is 64.7 Å². The summed E-state index contributed by atoms with van der Waals surface area (Å²) in [6, 6.07) is 13.2. The van der Waals surface area contributed by atoms with Gasteiger partial charge in [-0.05, 0) is 48.2 Å². The summed E-state index contributed by atoms with van der Waals surface area (Å²) < 4.78 is 0. The van der Waals surface area contributed by atoms with E-state index in [1.165, 1.54) is 0 Å². The lowest BCUT2D eigenvalue weighted by atomic mass is 10.0. The monoisotopic (exact) mass is 392 g/mol. The summed E-state index contributed by atoms with van der Waals surface area (Å²) in [5, 5.41) is 5.68. The Balaban J connectivity index is 1.44. The van der Waals surface area contributed by atoms with E-state index < -0.39 is 6.04 Å². The molecule has 2 aromatic carbocycles. The average molecular weight is 392 g/mol. The highest BCUT2D eigenvalue weighted by Crippen LogP contribution is 2.28. The number of hydrogen-bond acceptors (Lipinski definition) is 5. The molecule has 150 valence electrons. The van der Waals surface area contributed by atoms with E-state index in [1.807, 2.05) is 49.4 Å². The van der Waals surface area contributed by atoms with E-state index in [-0.39, 0.29) is 30.2 Å². The standard InChI is InChI=1S/C22H24N4O3/c1-13(23)15-4-6-17(7-5-15)24-11-14-2-3-16-12-26(22(29)18(16)10-14)19-8-9-20(27)25-21(19)28/h2-7,10,13,19,24H,8-9,11-12,23H2,1H3,(H,25,27,28). The highest BCUT2D eigenvalue weighted by atomic mass is 16.2. The number of carbonyl (C=O) groups is 3. The van der Waals surface area contributed by atoms with Gasteiger partial charge in [0.2, 0.25) is 11.8 Å². The maximum Gasteiger partial charge on any atom is 0.255 e. The van der Waals surface area contributed by atoms with Crippen LogP contribution >= 0.6 is 0 Å². The van der Waals surface area contributed by atoms with E-state index in [4.69, 9.17) is 5.73 Å². The smallest absolute Gasteiger partial charge is 0.255 e. The number of anilines is 1. The molecule has 1 saturated heterocycles. The Hall–Kier alpha value is -3.19. The summed E-state index contributed by atoms with van der Waals surface area (Å²) in [5.41, 5.74) is 10.4. The van der Waals surface area contributed by atoms with Crippen molar-refractivity contribution in [1.82, 2.24) is 10.2 Å². The topological polar surface area (TPSA) is 105 Å². The second-order valence-electron chi connectivity index (χ2n) is 7.66. The first kappa shape index (κ1) is 19.1. The number of benzene rings is 2. The molecule has 4 rings (SSSR count). The van der Waals surface area contributed by atoms with Crippen LogP contribution in [0.1, 0.15) is 52.9 Å². The summed E-state index contributed by atoms with van der Waals surface area (Å²) in [5.74, 6) is -0.824. The molecular weight excluding hydrogens is 368 g/mol. The SMILES string of the molecule is CC(N)c1ccc(NCc2ccc3c(c2)C(=O)N(C2CCC(=O)NC2=O)C3)cc1. The number of nitrogens with zero attached hydrogens (tertiary/aromatic N) is 1. The second kappa shape index (κ2) is 7.67. The first-order valence-corrected chi connectivity index (χ1v) is 9.78. The van der Waals surface area contributed by atoms with Gasteiger partial charge in [0.1, 0.15) is 6.04 Å². The predicted molar refractivity (Wildman–Crippen MR) is 109 cm³/mol. The van der Waals surface area contributed by atoms with Gasteiger partial charge < -0.3 is 16.0 Å². The summed E-state index contributed by atoms with van der Waals surface area (Å²) in [4.78, 5) is 38.0. The number of hydrogen-bond donors (Lipinski definition) is 3. The fraction of sp³-hybridized carbons (Fsp3) is 0.318. The van der Waals surface area contributed by atoms with Crippen molar-refractivity contribution < 1.29 is 14.4 Å². The molecule has 2 aromatic rings. The summed E-state index contributed by atoms with van der Waals surface area (Å²) >= 11 is 0. The Bertz CT molecular complexity index is 969. The molecule has 1 fully saturated rings. The van der Waals surface area contributed by atoms with Crippen molar-refractivity contribution in [2.45, 2.75) is 44.9 Å². The Labute approximate surface area is 169 Å². The molecule has 0 spiro atoms. The first-order chi connectivity index (χ1) is 13.9. The van der Waals surface area contributed by atoms with Gasteiger partial charge in [0.25, 0.3) is 5.91 Å². The van der Waals surface area contributed by atoms with Gasteiger partial charge in [-0.25, -0.2) is 0 Å². The zero-order valence-electron chi connectivity index (χ0n) is 16.3. The maximum absolute atomic E-state index is 12.9. The molecule has 0 saturated carbocycles. The number of amides is 3. The number of rotatable bonds is 5. The zero-order valence-corrected chi connectivity index (χ0v) is 16.3. The minimum absolute atomic E-state index is 0.000847. The molecule has 0 bridgehead atoms. The van der Waals surface area contributed by atoms with Gasteiger partial charge in [-0.2, -0.15) is 0 Å². The van der Waals surface area contributed by atoms with Gasteiger partial charge in [0, 0.05) is 36.8 Å². The highest BCUT2D eigenvalue weighted by molar-refractivity contribution is 6.05. The molecule has 0 radical (unpaired) electrons. The molecule has 4 N–H and O–H groups in total. The van der Waals surface area contributed by atoms with E-state index in [9.17, 15) is 14.4 Å². The van der Waals surface area contributed by atoms with Gasteiger partial charge >= 0.3 is 0 Å². The minimum atomic E-state index is -0.586. The molecule has 7 nitrogen and oxygen atoms in total. The highest BCUT2D eigenvalue weighted by Gasteiger charge is 2.39. The summed E-state index contributed by atoms with van der Waals surface area (Å²) in [7, 11) is 0. The van der Waals surface area contributed by atoms with Gasteiger partial charge in [-0.3, -0.25) is 19.7 Å². The van der Waals surface area contributed by atoms with Gasteiger partial charge in [-0.15, -0.1) is 0 Å². The van der Waals surface area contributed by atoms with Crippen LogP contribution in [-0.2, 0) is 22.7 Å². The third-order valence-corrected chi connectivity index (χ3v) is 5.53. The quantitative estimate of drug-likeness (QED) is 0.676. The van der Waals surface area contributed by atoms with Crippen molar-refractivity contribution in [1.29, 1.82) is 0 Å². The fourth-order valence-electron chi connectivity index (χ4n) is 3.82. The van der Waals surface area contributed by atoms with Crippen LogP contribution in [0.4, 0.5) is 5.69 Å². The maximum atomic E-state index is 12.9. The number of carbonyl (C=O) groups excluding carboxylic acids is 3. The Morgan fingerprint density at radius 3 is 2.62 bits per heavy atom. The first-order valence-electron chi connectivity index (χ1n) is 9.78. The molecule has 2 aliphatic heterocycles. The number of piperidine rings is 1. The summed E-state index contributed by atoms with van der Waals surface area (Å²) in [6.45, 7) is 2.92. The molecule has 0 aromatic heterocycles. The molecule has 2 heterocycles. The zero-order chi connectivity index (χ0) is 20.5. The van der Waals surface area contributed by atoms with Crippen LogP contribution in [0.2, 0.25) is 0 Å². The largest absolute Gasteiger partial charge is 0.381 e. The van der Waals surface area contributed by atoms with E-state index in [2.05, 4.69) is 10.6 Å². The molecule has 29 heavy (non-hydrogen) atoms. The molecule has 2 atom stereocenters. The normalized spacial score (nSPS) is 19.7. The predicted octanol–water partition coefficient (Wildman–Crippen LogP) is 2.08. The van der Waals surface area contributed by atoms with E-state index in [1.54, 1.807) is 4.90 Å². The Morgan fingerprint density at radius 2 is 1.93 bits per heavy atom. The molecule has 0 aliphatic carbocycles. The van der Waals surface area contributed by atoms with Crippen molar-refractivity contribution in [2.24, 2.45) is 5.73 Å². The third-order valence-electron chi connectivity index (χ3n) is 5.53. The summed E-state index contributed by atoms with van der Waals surface area (Å²) in [6.07, 6.45) is 0.629. The molecule has 2 aliphatic rings. The van der Waals surface area contributed by atoms with Gasteiger partial charge in [0.15, 0.2) is 0 Å². The van der Waals surface area contributed by atoms with Gasteiger partial charge in [0.05, 0.1) is 0 Å². The Morgan fingerprint density at radius 1 is 1.17 bits per heavy atom. The van der Waals surface area contributed by atoms with Gasteiger partial charge in [-0.1, -0.05) is 24.3 Å². The number of fused-ring (bicyclic) bond motifs is 1.